The average Bonchev–Trinajstić information content (AvgIpc) is 2.27. The normalized spacial score (nSPS) is 10.4. The van der Waals surface area contributed by atoms with Crippen molar-refractivity contribution in [3.63, 3.8) is 0 Å². The average molecular weight is 360 g/mol. The molecule has 5 heteroatoms. The summed E-state index contributed by atoms with van der Waals surface area (Å²) in [5, 5.41) is 2.94. The molecule has 1 N–H and O–H groups in total. The molecule has 0 atom stereocenters. The number of hydrogen-bond acceptors (Lipinski definition) is 2. The number of rotatable bonds is 2. The van der Waals surface area contributed by atoms with Gasteiger partial charge in [-0.15, -0.1) is 0 Å². The lowest BCUT2D eigenvalue weighted by molar-refractivity contribution is 0.625. The molecule has 0 amide bonds. The zero-order valence-corrected chi connectivity index (χ0v) is 12.1. The maximum absolute atomic E-state index is 13.6. The van der Waals surface area contributed by atoms with E-state index in [4.69, 9.17) is 0 Å². The van der Waals surface area contributed by atoms with Gasteiger partial charge in [0.1, 0.15) is 0 Å². The third-order valence-electron chi connectivity index (χ3n) is 2.23. The van der Waals surface area contributed by atoms with Crippen LogP contribution in [0.5, 0.6) is 0 Å². The molecule has 0 bridgehead atoms. The van der Waals surface area contributed by atoms with Gasteiger partial charge in [0.25, 0.3) is 0 Å². The largest absolute Gasteiger partial charge is 0.338 e. The second kappa shape index (κ2) is 5.14. The van der Waals surface area contributed by atoms with E-state index in [0.29, 0.717) is 4.47 Å². The van der Waals surface area contributed by atoms with Crippen LogP contribution in [0.4, 0.5) is 15.9 Å². The van der Waals surface area contributed by atoms with Gasteiger partial charge in [0.15, 0.2) is 11.6 Å². The number of anilines is 2. The zero-order chi connectivity index (χ0) is 12.4. The zero-order valence-electron chi connectivity index (χ0n) is 8.97. The first-order valence-corrected chi connectivity index (χ1v) is 6.49. The van der Waals surface area contributed by atoms with Crippen LogP contribution in [-0.2, 0) is 0 Å². The molecular weight excluding hydrogens is 351 g/mol. The molecule has 88 valence electrons. The molecule has 0 aliphatic heterocycles. The maximum atomic E-state index is 13.6. The van der Waals surface area contributed by atoms with Crippen molar-refractivity contribution in [3.05, 3.63) is 50.8 Å². The van der Waals surface area contributed by atoms with Crippen molar-refractivity contribution in [1.29, 1.82) is 0 Å². The van der Waals surface area contributed by atoms with Gasteiger partial charge in [-0.05, 0) is 52.7 Å². The maximum Gasteiger partial charge on any atom is 0.166 e. The fraction of sp³-hybridized carbons (Fsp3) is 0.0833. The number of aryl methyl sites for hydroxylation is 1. The Bertz CT molecular complexity index is 558. The van der Waals surface area contributed by atoms with E-state index in [9.17, 15) is 4.39 Å². The highest BCUT2D eigenvalue weighted by Crippen LogP contribution is 2.24. The molecule has 1 aromatic heterocycles. The van der Waals surface area contributed by atoms with Crippen molar-refractivity contribution in [1.82, 2.24) is 4.98 Å². The summed E-state index contributed by atoms with van der Waals surface area (Å²) in [4.78, 5) is 3.98. The summed E-state index contributed by atoms with van der Waals surface area (Å²) in [6.45, 7) is 1.97. The van der Waals surface area contributed by atoms with Gasteiger partial charge in [-0.1, -0.05) is 15.9 Å². The molecule has 0 radical (unpaired) electrons. The second-order valence-corrected chi connectivity index (χ2v) is 5.34. The summed E-state index contributed by atoms with van der Waals surface area (Å²) < 4.78 is 15.2. The fourth-order valence-corrected chi connectivity index (χ4v) is 1.92. The van der Waals surface area contributed by atoms with E-state index in [-0.39, 0.29) is 11.6 Å². The first kappa shape index (κ1) is 12.5. The summed E-state index contributed by atoms with van der Waals surface area (Å²) in [6, 6.07) is 7.07. The van der Waals surface area contributed by atoms with Crippen LogP contribution in [0.2, 0.25) is 0 Å². The van der Waals surface area contributed by atoms with Crippen molar-refractivity contribution in [2.24, 2.45) is 0 Å². The monoisotopic (exact) mass is 358 g/mol. The van der Waals surface area contributed by atoms with E-state index in [2.05, 4.69) is 42.2 Å². The third-order valence-corrected chi connectivity index (χ3v) is 3.55. The molecule has 1 aromatic carbocycles. The van der Waals surface area contributed by atoms with Crippen molar-refractivity contribution >= 4 is 43.4 Å². The van der Waals surface area contributed by atoms with Crippen LogP contribution >= 0.6 is 31.9 Å². The second-order valence-electron chi connectivity index (χ2n) is 3.57. The molecule has 1 heterocycles. The number of benzene rings is 1. The van der Waals surface area contributed by atoms with Crippen LogP contribution in [0.15, 0.2) is 39.4 Å². The van der Waals surface area contributed by atoms with Crippen molar-refractivity contribution in [2.75, 3.05) is 5.32 Å². The first-order chi connectivity index (χ1) is 8.06. The van der Waals surface area contributed by atoms with E-state index in [1.54, 1.807) is 6.20 Å². The van der Waals surface area contributed by atoms with Gasteiger partial charge < -0.3 is 5.32 Å². The first-order valence-electron chi connectivity index (χ1n) is 4.90. The molecule has 0 spiro atoms. The molecule has 0 aliphatic rings. The van der Waals surface area contributed by atoms with Gasteiger partial charge in [-0.25, -0.2) is 9.37 Å². The standard InChI is InChI=1S/C12H9Br2FN2/c1-7-4-9(2-3-10(7)14)17-12-11(15)5-8(13)6-16-12/h2-6H,1H3,(H,16,17). The van der Waals surface area contributed by atoms with Crippen molar-refractivity contribution in [2.45, 2.75) is 6.92 Å². The number of nitrogens with one attached hydrogen (secondary N) is 1. The number of pyridine rings is 1. The van der Waals surface area contributed by atoms with E-state index < -0.39 is 0 Å². The highest BCUT2D eigenvalue weighted by molar-refractivity contribution is 9.10. The van der Waals surface area contributed by atoms with E-state index in [0.717, 1.165) is 15.7 Å². The number of hydrogen-bond donors (Lipinski definition) is 1. The summed E-state index contributed by atoms with van der Waals surface area (Å²) in [5.74, 6) is -0.171. The fourth-order valence-electron chi connectivity index (χ4n) is 1.37. The third kappa shape index (κ3) is 3.04. The molecule has 17 heavy (non-hydrogen) atoms. The summed E-state index contributed by atoms with van der Waals surface area (Å²) >= 11 is 6.58. The Morgan fingerprint density at radius 2 is 2.00 bits per heavy atom. The number of halogens is 3. The lowest BCUT2D eigenvalue weighted by Gasteiger charge is -2.08. The van der Waals surface area contributed by atoms with Crippen LogP contribution in [0, 0.1) is 12.7 Å². The molecule has 0 aliphatic carbocycles. The minimum Gasteiger partial charge on any atom is -0.338 e. The molecular formula is C12H9Br2FN2. The van der Waals surface area contributed by atoms with E-state index in [1.807, 2.05) is 25.1 Å². The van der Waals surface area contributed by atoms with Crippen LogP contribution in [0.25, 0.3) is 0 Å². The van der Waals surface area contributed by atoms with Gasteiger partial charge in [0.2, 0.25) is 0 Å². The summed E-state index contributed by atoms with van der Waals surface area (Å²) in [7, 11) is 0. The number of aromatic nitrogens is 1. The Kier molecular flexibility index (Phi) is 3.79. The van der Waals surface area contributed by atoms with Crippen LogP contribution in [0.1, 0.15) is 5.56 Å². The molecule has 2 nitrogen and oxygen atoms in total. The Hall–Kier alpha value is -0.940. The van der Waals surface area contributed by atoms with Gasteiger partial charge in [0, 0.05) is 20.8 Å². The van der Waals surface area contributed by atoms with Crippen LogP contribution < -0.4 is 5.32 Å². The quantitative estimate of drug-likeness (QED) is 0.833. The molecule has 2 aromatic rings. The van der Waals surface area contributed by atoms with Crippen LogP contribution in [0.3, 0.4) is 0 Å². The van der Waals surface area contributed by atoms with E-state index in [1.165, 1.54) is 6.07 Å². The molecule has 0 fully saturated rings. The molecule has 0 saturated carbocycles. The van der Waals surface area contributed by atoms with Gasteiger partial charge >= 0.3 is 0 Å². The molecule has 2 rings (SSSR count). The molecule has 0 unspecified atom stereocenters. The van der Waals surface area contributed by atoms with Gasteiger partial charge in [-0.2, -0.15) is 0 Å². The van der Waals surface area contributed by atoms with E-state index >= 15 is 0 Å². The topological polar surface area (TPSA) is 24.9 Å². The molecule has 0 saturated heterocycles. The SMILES string of the molecule is Cc1cc(Nc2ncc(Br)cc2F)ccc1Br. The summed E-state index contributed by atoms with van der Waals surface area (Å²) in [5.41, 5.74) is 1.88. The Morgan fingerprint density at radius 3 is 2.65 bits per heavy atom. The minimum atomic E-state index is -0.389. The Labute approximate surface area is 116 Å². The highest BCUT2D eigenvalue weighted by Gasteiger charge is 2.05. The Morgan fingerprint density at radius 1 is 1.24 bits per heavy atom. The Balaban J connectivity index is 2.28. The lowest BCUT2D eigenvalue weighted by Crippen LogP contribution is -1.97. The predicted octanol–water partition coefficient (Wildman–Crippen LogP) is 4.80. The number of nitrogens with zero attached hydrogens (tertiary/aromatic N) is 1. The van der Waals surface area contributed by atoms with Crippen LogP contribution in [-0.4, -0.2) is 4.98 Å². The smallest absolute Gasteiger partial charge is 0.166 e. The minimum absolute atomic E-state index is 0.218. The van der Waals surface area contributed by atoms with Crippen molar-refractivity contribution in [3.8, 4) is 0 Å². The van der Waals surface area contributed by atoms with Gasteiger partial charge in [-0.3, -0.25) is 0 Å². The summed E-state index contributed by atoms with van der Waals surface area (Å²) in [6.07, 6.45) is 1.55. The van der Waals surface area contributed by atoms with Gasteiger partial charge in [0.05, 0.1) is 0 Å². The van der Waals surface area contributed by atoms with Crippen molar-refractivity contribution < 1.29 is 4.39 Å². The lowest BCUT2D eigenvalue weighted by atomic mass is 10.2. The highest BCUT2D eigenvalue weighted by atomic mass is 79.9. The predicted molar refractivity (Wildman–Crippen MR) is 74.1 cm³/mol.